The van der Waals surface area contributed by atoms with Crippen molar-refractivity contribution < 1.29 is 4.79 Å². The molecule has 1 amide bonds. The van der Waals surface area contributed by atoms with Crippen molar-refractivity contribution in [3.8, 4) is 0 Å². The molecule has 0 aromatic carbocycles. The number of anilines is 1. The molecule has 1 aromatic rings. The maximum atomic E-state index is 12.3. The van der Waals surface area contributed by atoms with Crippen LogP contribution in [0.2, 0.25) is 0 Å². The van der Waals surface area contributed by atoms with Gasteiger partial charge in [0.2, 0.25) is 0 Å². The van der Waals surface area contributed by atoms with Crippen LogP contribution in [0.1, 0.15) is 49.4 Å². The second-order valence-corrected chi connectivity index (χ2v) is 5.14. The van der Waals surface area contributed by atoms with Gasteiger partial charge in [0, 0.05) is 25.2 Å². The third kappa shape index (κ3) is 3.43. The topological polar surface area (TPSA) is 58.1 Å². The van der Waals surface area contributed by atoms with E-state index in [0.717, 1.165) is 38.2 Å². The molecule has 1 saturated heterocycles. The highest BCUT2D eigenvalue weighted by Crippen LogP contribution is 2.15. The standard InChI is InChI=1S/C14H22N4O/c1-4-10(2)15-13-9-12(16-11(3)17-13)14(19)18-7-5-6-8-18/h9-10H,4-8H2,1-3H3,(H,15,16,17). The molecule has 0 spiro atoms. The second kappa shape index (κ2) is 5.99. The highest BCUT2D eigenvalue weighted by molar-refractivity contribution is 5.93. The first-order valence-electron chi connectivity index (χ1n) is 7.01. The van der Waals surface area contributed by atoms with E-state index in [1.165, 1.54) is 0 Å². The minimum atomic E-state index is 0.0233. The predicted octanol–water partition coefficient (Wildman–Crippen LogP) is 2.23. The van der Waals surface area contributed by atoms with Crippen LogP contribution in [0.4, 0.5) is 5.82 Å². The number of carbonyl (C=O) groups is 1. The molecule has 1 atom stereocenters. The molecule has 2 heterocycles. The van der Waals surface area contributed by atoms with E-state index in [2.05, 4.69) is 29.1 Å². The van der Waals surface area contributed by atoms with E-state index in [-0.39, 0.29) is 5.91 Å². The number of likely N-dealkylation sites (tertiary alicyclic amines) is 1. The number of nitrogens with one attached hydrogen (secondary N) is 1. The number of carbonyl (C=O) groups excluding carboxylic acids is 1. The van der Waals surface area contributed by atoms with E-state index in [0.29, 0.717) is 17.6 Å². The molecule has 5 nitrogen and oxygen atoms in total. The van der Waals surface area contributed by atoms with Gasteiger partial charge in [0.15, 0.2) is 0 Å². The molecule has 1 aliphatic heterocycles. The molecule has 0 bridgehead atoms. The van der Waals surface area contributed by atoms with E-state index < -0.39 is 0 Å². The monoisotopic (exact) mass is 262 g/mol. The van der Waals surface area contributed by atoms with Gasteiger partial charge in [-0.25, -0.2) is 9.97 Å². The summed E-state index contributed by atoms with van der Waals surface area (Å²) in [6, 6.07) is 2.10. The molecule has 19 heavy (non-hydrogen) atoms. The van der Waals surface area contributed by atoms with Crippen molar-refractivity contribution in [3.05, 3.63) is 17.6 Å². The Balaban J connectivity index is 2.18. The number of hydrogen-bond donors (Lipinski definition) is 1. The number of rotatable bonds is 4. The van der Waals surface area contributed by atoms with Crippen molar-refractivity contribution in [1.29, 1.82) is 0 Å². The fourth-order valence-electron chi connectivity index (χ4n) is 2.19. The first-order valence-corrected chi connectivity index (χ1v) is 7.01. The maximum absolute atomic E-state index is 12.3. The summed E-state index contributed by atoms with van der Waals surface area (Å²) in [5, 5.41) is 3.30. The Morgan fingerprint density at radius 3 is 2.74 bits per heavy atom. The lowest BCUT2D eigenvalue weighted by Crippen LogP contribution is -2.29. The molecule has 104 valence electrons. The van der Waals surface area contributed by atoms with E-state index in [9.17, 15) is 4.79 Å². The van der Waals surface area contributed by atoms with Gasteiger partial charge in [0.1, 0.15) is 17.3 Å². The lowest BCUT2D eigenvalue weighted by molar-refractivity contribution is 0.0786. The van der Waals surface area contributed by atoms with Crippen LogP contribution in [0.15, 0.2) is 6.07 Å². The number of aryl methyl sites for hydroxylation is 1. The molecular weight excluding hydrogens is 240 g/mol. The van der Waals surface area contributed by atoms with E-state index in [4.69, 9.17) is 0 Å². The quantitative estimate of drug-likeness (QED) is 0.904. The number of amides is 1. The summed E-state index contributed by atoms with van der Waals surface area (Å²) in [7, 11) is 0. The summed E-state index contributed by atoms with van der Waals surface area (Å²) < 4.78 is 0. The van der Waals surface area contributed by atoms with Crippen LogP contribution < -0.4 is 5.32 Å². The van der Waals surface area contributed by atoms with Crippen LogP contribution in [-0.2, 0) is 0 Å². The highest BCUT2D eigenvalue weighted by atomic mass is 16.2. The second-order valence-electron chi connectivity index (χ2n) is 5.14. The predicted molar refractivity (Wildman–Crippen MR) is 75.3 cm³/mol. The molecular formula is C14H22N4O. The van der Waals surface area contributed by atoms with Gasteiger partial charge in [-0.3, -0.25) is 4.79 Å². The van der Waals surface area contributed by atoms with Crippen molar-refractivity contribution in [2.24, 2.45) is 0 Å². The zero-order valence-electron chi connectivity index (χ0n) is 11.9. The number of nitrogens with zero attached hydrogens (tertiary/aromatic N) is 3. The van der Waals surface area contributed by atoms with Gasteiger partial charge in [0.05, 0.1) is 0 Å². The fourth-order valence-corrected chi connectivity index (χ4v) is 2.19. The molecule has 1 fully saturated rings. The normalized spacial score (nSPS) is 16.5. The molecule has 5 heteroatoms. The van der Waals surface area contributed by atoms with Crippen LogP contribution in [-0.4, -0.2) is 39.9 Å². The van der Waals surface area contributed by atoms with Crippen LogP contribution in [0, 0.1) is 6.92 Å². The molecule has 1 aliphatic rings. The summed E-state index contributed by atoms with van der Waals surface area (Å²) in [4.78, 5) is 22.8. The zero-order chi connectivity index (χ0) is 13.8. The van der Waals surface area contributed by atoms with Gasteiger partial charge in [-0.05, 0) is 33.1 Å². The summed E-state index contributed by atoms with van der Waals surface area (Å²) in [6.07, 6.45) is 3.19. The Morgan fingerprint density at radius 1 is 1.42 bits per heavy atom. The SMILES string of the molecule is CCC(C)Nc1cc(C(=O)N2CCCC2)nc(C)n1. The molecule has 1 aromatic heterocycles. The van der Waals surface area contributed by atoms with Crippen LogP contribution in [0.5, 0.6) is 0 Å². The van der Waals surface area contributed by atoms with Gasteiger partial charge >= 0.3 is 0 Å². The molecule has 2 rings (SSSR count). The fraction of sp³-hybridized carbons (Fsp3) is 0.643. The maximum Gasteiger partial charge on any atom is 0.272 e. The third-order valence-electron chi connectivity index (χ3n) is 3.46. The smallest absolute Gasteiger partial charge is 0.272 e. The molecule has 1 N–H and O–H groups in total. The minimum Gasteiger partial charge on any atom is -0.368 e. The lowest BCUT2D eigenvalue weighted by atomic mass is 10.2. The average molecular weight is 262 g/mol. The van der Waals surface area contributed by atoms with Crippen molar-refractivity contribution in [2.75, 3.05) is 18.4 Å². The Kier molecular flexibility index (Phi) is 4.35. The van der Waals surface area contributed by atoms with Crippen molar-refractivity contribution in [1.82, 2.24) is 14.9 Å². The highest BCUT2D eigenvalue weighted by Gasteiger charge is 2.21. The van der Waals surface area contributed by atoms with E-state index in [1.807, 2.05) is 11.8 Å². The Morgan fingerprint density at radius 2 is 2.11 bits per heavy atom. The third-order valence-corrected chi connectivity index (χ3v) is 3.46. The molecule has 0 saturated carbocycles. The molecule has 1 unspecified atom stereocenters. The molecule has 0 radical (unpaired) electrons. The number of aromatic nitrogens is 2. The zero-order valence-corrected chi connectivity index (χ0v) is 11.9. The Bertz CT molecular complexity index is 455. The van der Waals surface area contributed by atoms with Gasteiger partial charge in [-0.2, -0.15) is 0 Å². The Labute approximate surface area is 114 Å². The van der Waals surface area contributed by atoms with Crippen molar-refractivity contribution in [3.63, 3.8) is 0 Å². The van der Waals surface area contributed by atoms with Crippen LogP contribution >= 0.6 is 0 Å². The summed E-state index contributed by atoms with van der Waals surface area (Å²) in [5.74, 6) is 1.40. The minimum absolute atomic E-state index is 0.0233. The van der Waals surface area contributed by atoms with Crippen LogP contribution in [0.3, 0.4) is 0 Å². The Hall–Kier alpha value is -1.65. The van der Waals surface area contributed by atoms with Gasteiger partial charge in [0.25, 0.3) is 5.91 Å². The summed E-state index contributed by atoms with van der Waals surface area (Å²) >= 11 is 0. The van der Waals surface area contributed by atoms with Crippen molar-refractivity contribution >= 4 is 11.7 Å². The average Bonchev–Trinajstić information content (AvgIpc) is 2.90. The number of hydrogen-bond acceptors (Lipinski definition) is 4. The van der Waals surface area contributed by atoms with Crippen LogP contribution in [0.25, 0.3) is 0 Å². The van der Waals surface area contributed by atoms with E-state index >= 15 is 0 Å². The first-order chi connectivity index (χ1) is 9.10. The summed E-state index contributed by atoms with van der Waals surface area (Å²) in [6.45, 7) is 7.72. The van der Waals surface area contributed by atoms with E-state index in [1.54, 1.807) is 6.07 Å². The molecule has 0 aliphatic carbocycles. The first kappa shape index (κ1) is 13.8. The summed E-state index contributed by atoms with van der Waals surface area (Å²) in [5.41, 5.74) is 0.500. The van der Waals surface area contributed by atoms with Gasteiger partial charge < -0.3 is 10.2 Å². The largest absolute Gasteiger partial charge is 0.368 e. The van der Waals surface area contributed by atoms with Gasteiger partial charge in [-0.15, -0.1) is 0 Å². The lowest BCUT2D eigenvalue weighted by Gasteiger charge is -2.17. The van der Waals surface area contributed by atoms with Gasteiger partial charge in [-0.1, -0.05) is 6.92 Å². The van der Waals surface area contributed by atoms with Crippen molar-refractivity contribution in [2.45, 2.75) is 46.1 Å².